The summed E-state index contributed by atoms with van der Waals surface area (Å²) in [6.45, 7) is 4.81. The van der Waals surface area contributed by atoms with Crippen molar-refractivity contribution in [2.75, 3.05) is 6.61 Å². The van der Waals surface area contributed by atoms with Gasteiger partial charge < -0.3 is 4.74 Å². The van der Waals surface area contributed by atoms with Crippen molar-refractivity contribution in [2.24, 2.45) is 11.8 Å². The molecule has 1 heterocycles. The lowest BCUT2D eigenvalue weighted by Gasteiger charge is -2.45. The molecule has 0 N–H and O–H groups in total. The molecule has 0 aromatic carbocycles. The number of carbonyl (C=O) groups is 1. The fourth-order valence-corrected chi connectivity index (χ4v) is 2.54. The Labute approximate surface area is 66.9 Å². The second-order valence-corrected chi connectivity index (χ2v) is 3.73. The van der Waals surface area contributed by atoms with Crippen molar-refractivity contribution in [2.45, 2.75) is 32.3 Å². The summed E-state index contributed by atoms with van der Waals surface area (Å²) in [6.07, 6.45) is 2.07. The molecule has 1 aliphatic carbocycles. The highest BCUT2D eigenvalue weighted by atomic mass is 16.5. The van der Waals surface area contributed by atoms with Crippen molar-refractivity contribution in [3.8, 4) is 0 Å². The summed E-state index contributed by atoms with van der Waals surface area (Å²) < 4.78 is 5.43. The number of hydrogen-bond donors (Lipinski definition) is 0. The quantitative estimate of drug-likeness (QED) is 0.570. The molecule has 0 amide bonds. The fraction of sp³-hybridized carbons (Fsp3) is 0.889. The Bertz CT molecular complexity index is 200. The minimum Gasteiger partial charge on any atom is -0.367 e. The first-order chi connectivity index (χ1) is 5.20. The predicted molar refractivity (Wildman–Crippen MR) is 41.3 cm³/mol. The SMILES string of the molecule is CC[C@@H]1C(=O)[C@@]2(C)OCC[C@@H]12. The minimum atomic E-state index is -0.374. The molecule has 0 spiro atoms. The van der Waals surface area contributed by atoms with E-state index in [2.05, 4.69) is 6.92 Å². The van der Waals surface area contributed by atoms with Gasteiger partial charge in [-0.05, 0) is 19.8 Å². The lowest BCUT2D eigenvalue weighted by atomic mass is 9.60. The Morgan fingerprint density at radius 1 is 1.73 bits per heavy atom. The monoisotopic (exact) mass is 154 g/mol. The average molecular weight is 154 g/mol. The lowest BCUT2D eigenvalue weighted by Crippen LogP contribution is -2.59. The predicted octanol–water partition coefficient (Wildman–Crippen LogP) is 1.39. The number of carbonyl (C=O) groups excluding carboxylic acids is 1. The first-order valence-electron chi connectivity index (χ1n) is 4.38. The summed E-state index contributed by atoms with van der Waals surface area (Å²) in [5.41, 5.74) is -0.374. The van der Waals surface area contributed by atoms with Gasteiger partial charge in [0.05, 0.1) is 0 Å². The summed E-state index contributed by atoms with van der Waals surface area (Å²) in [7, 11) is 0. The van der Waals surface area contributed by atoms with Gasteiger partial charge in [0.15, 0.2) is 5.78 Å². The fourth-order valence-electron chi connectivity index (χ4n) is 2.54. The van der Waals surface area contributed by atoms with Crippen LogP contribution in [0.3, 0.4) is 0 Å². The summed E-state index contributed by atoms with van der Waals surface area (Å²) in [4.78, 5) is 11.5. The number of ether oxygens (including phenoxy) is 1. The van der Waals surface area contributed by atoms with E-state index in [1.165, 1.54) is 0 Å². The molecule has 0 aromatic rings. The first-order valence-corrected chi connectivity index (χ1v) is 4.38. The van der Waals surface area contributed by atoms with E-state index < -0.39 is 0 Å². The van der Waals surface area contributed by atoms with E-state index in [4.69, 9.17) is 4.74 Å². The van der Waals surface area contributed by atoms with Crippen molar-refractivity contribution in [1.82, 2.24) is 0 Å². The van der Waals surface area contributed by atoms with Crippen LogP contribution in [0.25, 0.3) is 0 Å². The van der Waals surface area contributed by atoms with Gasteiger partial charge in [-0.3, -0.25) is 4.79 Å². The van der Waals surface area contributed by atoms with Gasteiger partial charge in [-0.1, -0.05) is 6.92 Å². The number of ketones is 1. The van der Waals surface area contributed by atoms with Gasteiger partial charge in [0.1, 0.15) is 5.60 Å². The zero-order chi connectivity index (χ0) is 8.06. The molecule has 0 bridgehead atoms. The third kappa shape index (κ3) is 0.684. The highest BCUT2D eigenvalue weighted by molar-refractivity contribution is 5.96. The van der Waals surface area contributed by atoms with E-state index in [9.17, 15) is 4.79 Å². The molecular formula is C9H14O2. The molecule has 1 saturated carbocycles. The largest absolute Gasteiger partial charge is 0.367 e. The van der Waals surface area contributed by atoms with Crippen LogP contribution >= 0.6 is 0 Å². The van der Waals surface area contributed by atoms with Crippen LogP contribution in [0.5, 0.6) is 0 Å². The highest BCUT2D eigenvalue weighted by Gasteiger charge is 2.61. The number of Topliss-reactive ketones (excluding diaryl/α,β-unsaturated/α-hetero) is 1. The Morgan fingerprint density at radius 2 is 2.45 bits per heavy atom. The summed E-state index contributed by atoms with van der Waals surface area (Å²) in [5.74, 6) is 1.17. The van der Waals surface area contributed by atoms with E-state index in [0.717, 1.165) is 19.4 Å². The van der Waals surface area contributed by atoms with Gasteiger partial charge in [0, 0.05) is 18.4 Å². The molecule has 2 fully saturated rings. The second-order valence-electron chi connectivity index (χ2n) is 3.73. The van der Waals surface area contributed by atoms with Crippen LogP contribution in [-0.4, -0.2) is 18.0 Å². The molecule has 0 aromatic heterocycles. The maximum Gasteiger partial charge on any atom is 0.168 e. The number of hydrogen-bond acceptors (Lipinski definition) is 2. The van der Waals surface area contributed by atoms with E-state index in [1.54, 1.807) is 0 Å². The van der Waals surface area contributed by atoms with Crippen molar-refractivity contribution in [1.29, 1.82) is 0 Å². The molecule has 1 saturated heterocycles. The second kappa shape index (κ2) is 2.07. The molecule has 2 nitrogen and oxygen atoms in total. The molecule has 0 radical (unpaired) electrons. The number of rotatable bonds is 1. The topological polar surface area (TPSA) is 26.3 Å². The molecule has 62 valence electrons. The lowest BCUT2D eigenvalue weighted by molar-refractivity contribution is -0.166. The Kier molecular flexibility index (Phi) is 1.37. The van der Waals surface area contributed by atoms with Gasteiger partial charge in [-0.15, -0.1) is 0 Å². The van der Waals surface area contributed by atoms with Gasteiger partial charge in [-0.2, -0.15) is 0 Å². The van der Waals surface area contributed by atoms with Crippen molar-refractivity contribution in [3.63, 3.8) is 0 Å². The van der Waals surface area contributed by atoms with Crippen molar-refractivity contribution in [3.05, 3.63) is 0 Å². The molecule has 2 aliphatic rings. The van der Waals surface area contributed by atoms with Crippen LogP contribution in [0.4, 0.5) is 0 Å². The smallest absolute Gasteiger partial charge is 0.168 e. The van der Waals surface area contributed by atoms with Gasteiger partial charge in [-0.25, -0.2) is 0 Å². The average Bonchev–Trinajstić information content (AvgIpc) is 2.32. The van der Waals surface area contributed by atoms with Crippen LogP contribution in [0.1, 0.15) is 26.7 Å². The third-order valence-electron chi connectivity index (χ3n) is 3.29. The molecule has 11 heavy (non-hydrogen) atoms. The minimum absolute atomic E-state index is 0.308. The Hall–Kier alpha value is -0.370. The summed E-state index contributed by atoms with van der Waals surface area (Å²) in [5, 5.41) is 0. The standard InChI is InChI=1S/C9H14O2/c1-3-6-7-4-5-11-9(7,2)8(6)10/h6-7H,3-5H2,1-2H3/t6-,7-,9-/m0/s1. The van der Waals surface area contributed by atoms with Crippen LogP contribution in [0, 0.1) is 11.8 Å². The van der Waals surface area contributed by atoms with Crippen LogP contribution in [0.15, 0.2) is 0 Å². The van der Waals surface area contributed by atoms with E-state index in [0.29, 0.717) is 17.6 Å². The van der Waals surface area contributed by atoms with Gasteiger partial charge in [0.25, 0.3) is 0 Å². The molecule has 2 rings (SSSR count). The zero-order valence-electron chi connectivity index (χ0n) is 7.09. The summed E-state index contributed by atoms with van der Waals surface area (Å²) >= 11 is 0. The van der Waals surface area contributed by atoms with E-state index in [-0.39, 0.29) is 5.60 Å². The first kappa shape index (κ1) is 7.29. The molecule has 2 heteroatoms. The number of fused-ring (bicyclic) bond motifs is 1. The van der Waals surface area contributed by atoms with E-state index >= 15 is 0 Å². The maximum absolute atomic E-state index is 11.5. The molecule has 0 unspecified atom stereocenters. The molecular weight excluding hydrogens is 140 g/mol. The normalized spacial score (nSPS) is 48.7. The maximum atomic E-state index is 11.5. The van der Waals surface area contributed by atoms with Crippen molar-refractivity contribution >= 4 is 5.78 Å². The van der Waals surface area contributed by atoms with Crippen LogP contribution in [0.2, 0.25) is 0 Å². The Morgan fingerprint density at radius 3 is 3.09 bits per heavy atom. The highest BCUT2D eigenvalue weighted by Crippen LogP contribution is 2.50. The summed E-state index contributed by atoms with van der Waals surface area (Å²) in [6, 6.07) is 0. The zero-order valence-corrected chi connectivity index (χ0v) is 7.09. The third-order valence-corrected chi connectivity index (χ3v) is 3.29. The van der Waals surface area contributed by atoms with E-state index in [1.807, 2.05) is 6.92 Å². The van der Waals surface area contributed by atoms with Gasteiger partial charge >= 0.3 is 0 Å². The molecule has 1 aliphatic heterocycles. The van der Waals surface area contributed by atoms with Crippen molar-refractivity contribution < 1.29 is 9.53 Å². The van der Waals surface area contributed by atoms with Crippen LogP contribution < -0.4 is 0 Å². The molecule has 3 atom stereocenters. The van der Waals surface area contributed by atoms with Crippen LogP contribution in [-0.2, 0) is 9.53 Å². The van der Waals surface area contributed by atoms with Gasteiger partial charge in [0.2, 0.25) is 0 Å². The Balaban J connectivity index is 2.20.